The van der Waals surface area contributed by atoms with Gasteiger partial charge in [0.05, 0.1) is 17.0 Å². The third-order valence-corrected chi connectivity index (χ3v) is 4.59. The van der Waals surface area contributed by atoms with Crippen LogP contribution in [0.15, 0.2) is 59.6 Å². The normalized spacial score (nSPS) is 16.4. The molecule has 0 spiro atoms. The minimum Gasteiger partial charge on any atom is -0.369 e. The zero-order chi connectivity index (χ0) is 19.1. The van der Waals surface area contributed by atoms with Crippen LogP contribution in [0.5, 0.6) is 0 Å². The van der Waals surface area contributed by atoms with Crippen LogP contribution in [0, 0.1) is 10.1 Å². The summed E-state index contributed by atoms with van der Waals surface area (Å²) >= 11 is 0. The van der Waals surface area contributed by atoms with Gasteiger partial charge in [0, 0.05) is 37.4 Å². The number of halogens is 1. The quantitative estimate of drug-likeness (QED) is 0.211. The van der Waals surface area contributed by atoms with E-state index in [1.807, 2.05) is 25.1 Å². The van der Waals surface area contributed by atoms with E-state index in [0.717, 1.165) is 26.1 Å². The van der Waals surface area contributed by atoms with Crippen LogP contribution in [0.4, 0.5) is 11.4 Å². The summed E-state index contributed by atoms with van der Waals surface area (Å²) in [4.78, 5) is 17.7. The lowest BCUT2D eigenvalue weighted by Gasteiger charge is -2.20. The van der Waals surface area contributed by atoms with E-state index in [-0.39, 0.29) is 47.2 Å². The number of guanidine groups is 1. The highest BCUT2D eigenvalue weighted by Gasteiger charge is 2.23. The van der Waals surface area contributed by atoms with Gasteiger partial charge in [0.2, 0.25) is 0 Å². The number of para-hydroxylation sites is 2. The van der Waals surface area contributed by atoms with E-state index in [9.17, 15) is 10.1 Å². The summed E-state index contributed by atoms with van der Waals surface area (Å²) in [5.41, 5.74) is 1.94. The molecule has 1 aliphatic rings. The first-order valence-electron chi connectivity index (χ1n) is 9.24. The van der Waals surface area contributed by atoms with Gasteiger partial charge in [0.1, 0.15) is 0 Å². The maximum Gasteiger partial charge on any atom is 0.274 e. The van der Waals surface area contributed by atoms with Gasteiger partial charge in [-0.2, -0.15) is 0 Å². The SMILES string of the molecule is CCNC(=NCc1ccccc1[N+](=O)[O-])NC1CCN(c2ccccc2)C1.I. The number of nitro benzene ring substituents is 1. The second kappa shape index (κ2) is 10.8. The number of hydrogen-bond acceptors (Lipinski definition) is 4. The van der Waals surface area contributed by atoms with Crippen LogP contribution >= 0.6 is 24.0 Å². The van der Waals surface area contributed by atoms with Crippen molar-refractivity contribution >= 4 is 41.3 Å². The van der Waals surface area contributed by atoms with Gasteiger partial charge in [-0.1, -0.05) is 36.4 Å². The Kier molecular flexibility index (Phi) is 8.49. The number of rotatable bonds is 6. The van der Waals surface area contributed by atoms with Gasteiger partial charge in [-0.05, 0) is 25.5 Å². The van der Waals surface area contributed by atoms with Crippen molar-refractivity contribution in [2.75, 3.05) is 24.5 Å². The molecule has 150 valence electrons. The molecule has 3 rings (SSSR count). The lowest BCUT2D eigenvalue weighted by atomic mass is 10.2. The largest absolute Gasteiger partial charge is 0.369 e. The van der Waals surface area contributed by atoms with Gasteiger partial charge in [-0.3, -0.25) is 10.1 Å². The minimum absolute atomic E-state index is 0. The van der Waals surface area contributed by atoms with Gasteiger partial charge in [0.25, 0.3) is 5.69 Å². The van der Waals surface area contributed by atoms with Crippen molar-refractivity contribution in [1.29, 1.82) is 0 Å². The molecule has 1 atom stereocenters. The first kappa shape index (κ1) is 21.9. The number of benzene rings is 2. The van der Waals surface area contributed by atoms with E-state index in [4.69, 9.17) is 0 Å². The van der Waals surface area contributed by atoms with Crippen molar-refractivity contribution in [2.24, 2.45) is 4.99 Å². The summed E-state index contributed by atoms with van der Waals surface area (Å²) in [6.45, 7) is 4.90. The molecule has 2 aromatic carbocycles. The molecule has 8 heteroatoms. The Bertz CT molecular complexity index is 800. The van der Waals surface area contributed by atoms with Crippen LogP contribution in [0.25, 0.3) is 0 Å². The highest BCUT2D eigenvalue weighted by atomic mass is 127. The number of nitrogens with zero attached hydrogens (tertiary/aromatic N) is 3. The molecule has 1 unspecified atom stereocenters. The fraction of sp³-hybridized carbons (Fsp3) is 0.350. The molecule has 1 heterocycles. The fourth-order valence-electron chi connectivity index (χ4n) is 3.25. The Morgan fingerprint density at radius 1 is 1.21 bits per heavy atom. The predicted octanol–water partition coefficient (Wildman–Crippen LogP) is 3.55. The standard InChI is InChI=1S/C20H25N5O2.HI/c1-2-21-20(22-14-16-8-6-7-11-19(16)25(26)27)23-17-12-13-24(15-17)18-9-4-3-5-10-18;/h3-11,17H,2,12-15H2,1H3,(H2,21,22,23);1H. The summed E-state index contributed by atoms with van der Waals surface area (Å²) in [5, 5.41) is 17.9. The Labute approximate surface area is 182 Å². The molecule has 0 bridgehead atoms. The predicted molar refractivity (Wildman–Crippen MR) is 124 cm³/mol. The van der Waals surface area contributed by atoms with Crippen molar-refractivity contribution in [3.05, 3.63) is 70.3 Å². The second-order valence-electron chi connectivity index (χ2n) is 6.49. The molecule has 2 aromatic rings. The van der Waals surface area contributed by atoms with Crippen LogP contribution in [0.3, 0.4) is 0 Å². The molecule has 1 aliphatic heterocycles. The average Bonchev–Trinajstić information content (AvgIpc) is 3.16. The van der Waals surface area contributed by atoms with Crippen LogP contribution in [-0.2, 0) is 6.54 Å². The summed E-state index contributed by atoms with van der Waals surface area (Å²) in [6, 6.07) is 17.4. The molecule has 7 nitrogen and oxygen atoms in total. The van der Waals surface area contributed by atoms with E-state index in [1.54, 1.807) is 18.2 Å². The third-order valence-electron chi connectivity index (χ3n) is 4.59. The molecule has 0 radical (unpaired) electrons. The minimum atomic E-state index is -0.361. The topological polar surface area (TPSA) is 82.8 Å². The molecule has 0 aliphatic carbocycles. The van der Waals surface area contributed by atoms with Gasteiger partial charge in [-0.15, -0.1) is 24.0 Å². The zero-order valence-corrected chi connectivity index (χ0v) is 18.2. The average molecular weight is 495 g/mol. The Morgan fingerprint density at radius 2 is 1.93 bits per heavy atom. The van der Waals surface area contributed by atoms with Crippen molar-refractivity contribution in [3.63, 3.8) is 0 Å². The smallest absolute Gasteiger partial charge is 0.274 e. The number of nitrogens with one attached hydrogen (secondary N) is 2. The van der Waals surface area contributed by atoms with Crippen LogP contribution < -0.4 is 15.5 Å². The number of anilines is 1. The molecule has 1 saturated heterocycles. The van der Waals surface area contributed by atoms with Gasteiger partial charge in [-0.25, -0.2) is 4.99 Å². The third kappa shape index (κ3) is 5.82. The lowest BCUT2D eigenvalue weighted by molar-refractivity contribution is -0.385. The number of nitro groups is 1. The van der Waals surface area contributed by atoms with Crippen LogP contribution in [0.1, 0.15) is 18.9 Å². The molecule has 0 saturated carbocycles. The highest BCUT2D eigenvalue weighted by molar-refractivity contribution is 14.0. The van der Waals surface area contributed by atoms with E-state index in [1.165, 1.54) is 11.8 Å². The van der Waals surface area contributed by atoms with Crippen molar-refractivity contribution in [3.8, 4) is 0 Å². The van der Waals surface area contributed by atoms with Crippen molar-refractivity contribution < 1.29 is 4.92 Å². The highest BCUT2D eigenvalue weighted by Crippen LogP contribution is 2.20. The van der Waals surface area contributed by atoms with Gasteiger partial charge < -0.3 is 15.5 Å². The summed E-state index contributed by atoms with van der Waals surface area (Å²) in [7, 11) is 0. The van der Waals surface area contributed by atoms with Crippen molar-refractivity contribution in [2.45, 2.75) is 25.9 Å². The fourth-order valence-corrected chi connectivity index (χ4v) is 3.25. The Hall–Kier alpha value is -2.36. The zero-order valence-electron chi connectivity index (χ0n) is 15.9. The Morgan fingerprint density at radius 3 is 2.64 bits per heavy atom. The summed E-state index contributed by atoms with van der Waals surface area (Å²) in [6.07, 6.45) is 1.02. The molecule has 0 aromatic heterocycles. The first-order chi connectivity index (χ1) is 13.2. The molecular formula is C20H26IN5O2. The monoisotopic (exact) mass is 495 g/mol. The molecule has 2 N–H and O–H groups in total. The van der Waals surface area contributed by atoms with Gasteiger partial charge in [0.15, 0.2) is 5.96 Å². The summed E-state index contributed by atoms with van der Waals surface area (Å²) in [5.74, 6) is 0.690. The van der Waals surface area contributed by atoms with Gasteiger partial charge >= 0.3 is 0 Å². The van der Waals surface area contributed by atoms with E-state index >= 15 is 0 Å². The van der Waals surface area contributed by atoms with Crippen molar-refractivity contribution in [1.82, 2.24) is 10.6 Å². The molecular weight excluding hydrogens is 469 g/mol. The maximum absolute atomic E-state index is 11.2. The van der Waals surface area contributed by atoms with Crippen LogP contribution in [-0.4, -0.2) is 36.6 Å². The maximum atomic E-state index is 11.2. The van der Waals surface area contributed by atoms with E-state index in [2.05, 4.69) is 32.7 Å². The molecule has 1 fully saturated rings. The van der Waals surface area contributed by atoms with Crippen LogP contribution in [0.2, 0.25) is 0 Å². The van der Waals surface area contributed by atoms with E-state index < -0.39 is 0 Å². The number of aliphatic imine (C=N–C) groups is 1. The number of hydrogen-bond donors (Lipinski definition) is 2. The summed E-state index contributed by atoms with van der Waals surface area (Å²) < 4.78 is 0. The Balaban J connectivity index is 0.00000280. The lowest BCUT2D eigenvalue weighted by Crippen LogP contribution is -2.44. The molecule has 0 amide bonds. The first-order valence-corrected chi connectivity index (χ1v) is 9.24. The second-order valence-corrected chi connectivity index (χ2v) is 6.49. The molecule has 28 heavy (non-hydrogen) atoms. The van der Waals surface area contributed by atoms with E-state index in [0.29, 0.717) is 11.5 Å².